The molecule has 1 N–H and O–H groups in total. The molecule has 0 saturated heterocycles. The van der Waals surface area contributed by atoms with E-state index in [1.807, 2.05) is 0 Å². The second kappa shape index (κ2) is 8.17. The fourth-order valence-corrected chi connectivity index (χ4v) is 4.45. The van der Waals surface area contributed by atoms with Crippen molar-refractivity contribution in [3.05, 3.63) is 88.3 Å². The Morgan fingerprint density at radius 1 is 1.00 bits per heavy atom. The summed E-state index contributed by atoms with van der Waals surface area (Å²) in [5.74, 6) is -0.197. The molecule has 8 heteroatoms. The van der Waals surface area contributed by atoms with E-state index in [9.17, 15) is 13.2 Å². The lowest BCUT2D eigenvalue weighted by Crippen LogP contribution is -2.31. The van der Waals surface area contributed by atoms with Crippen molar-refractivity contribution in [2.45, 2.75) is 10.1 Å². The van der Waals surface area contributed by atoms with Crippen LogP contribution in [-0.4, -0.2) is 20.9 Å². The molecule has 1 amide bonds. The van der Waals surface area contributed by atoms with E-state index < -0.39 is 21.0 Å². The average Bonchev–Trinajstić information content (AvgIpc) is 3.16. The van der Waals surface area contributed by atoms with Gasteiger partial charge < -0.3 is 9.73 Å². The predicted octanol–water partition coefficient (Wildman–Crippen LogP) is 4.53. The quantitative estimate of drug-likeness (QED) is 0.631. The van der Waals surface area contributed by atoms with Crippen molar-refractivity contribution >= 4 is 38.9 Å². The molecule has 1 aromatic heterocycles. The lowest BCUT2D eigenvalue weighted by Gasteiger charge is -2.17. The summed E-state index contributed by atoms with van der Waals surface area (Å²) in [7, 11) is -3.82. The highest BCUT2D eigenvalue weighted by Gasteiger charge is 2.32. The van der Waals surface area contributed by atoms with E-state index in [0.717, 1.165) is 0 Å². The third-order valence-electron chi connectivity index (χ3n) is 3.91. The van der Waals surface area contributed by atoms with Gasteiger partial charge in [-0.25, -0.2) is 8.42 Å². The third-order valence-corrected chi connectivity index (χ3v) is 6.48. The minimum Gasteiger partial charge on any atom is -0.468 e. The van der Waals surface area contributed by atoms with Gasteiger partial charge in [0, 0.05) is 22.2 Å². The molecule has 0 saturated carbocycles. The number of furan rings is 1. The Morgan fingerprint density at radius 2 is 1.74 bits per heavy atom. The van der Waals surface area contributed by atoms with Gasteiger partial charge in [-0.1, -0.05) is 29.3 Å². The highest BCUT2D eigenvalue weighted by Crippen LogP contribution is 2.29. The predicted molar refractivity (Wildman–Crippen MR) is 104 cm³/mol. The summed E-state index contributed by atoms with van der Waals surface area (Å²) in [5.41, 5.74) is 0.338. The first-order valence-electron chi connectivity index (χ1n) is 7.94. The highest BCUT2D eigenvalue weighted by atomic mass is 35.5. The van der Waals surface area contributed by atoms with Crippen LogP contribution in [0.2, 0.25) is 10.0 Å². The highest BCUT2D eigenvalue weighted by molar-refractivity contribution is 7.91. The van der Waals surface area contributed by atoms with Gasteiger partial charge in [0.15, 0.2) is 9.84 Å². The summed E-state index contributed by atoms with van der Waals surface area (Å²) in [4.78, 5) is 12.5. The number of carbonyl (C=O) groups excluding carboxylic acids is 1. The molecule has 1 atom stereocenters. The molecular weight excluding hydrogens is 409 g/mol. The molecule has 0 spiro atoms. The molecule has 0 fully saturated rings. The number of nitrogens with one attached hydrogen (secondary N) is 1. The smallest absolute Gasteiger partial charge is 0.251 e. The van der Waals surface area contributed by atoms with Crippen LogP contribution in [-0.2, 0) is 9.84 Å². The number of carbonyl (C=O) groups is 1. The number of benzene rings is 2. The lowest BCUT2D eigenvalue weighted by atomic mass is 10.2. The largest absolute Gasteiger partial charge is 0.468 e. The zero-order valence-electron chi connectivity index (χ0n) is 13.9. The maximum atomic E-state index is 13.1. The van der Waals surface area contributed by atoms with Crippen LogP contribution < -0.4 is 5.32 Å². The van der Waals surface area contributed by atoms with Gasteiger partial charge in [0.2, 0.25) is 0 Å². The van der Waals surface area contributed by atoms with E-state index in [0.29, 0.717) is 15.6 Å². The van der Waals surface area contributed by atoms with Gasteiger partial charge in [-0.3, -0.25) is 4.79 Å². The molecule has 3 aromatic rings. The summed E-state index contributed by atoms with van der Waals surface area (Å²) in [6.45, 7) is -0.163. The molecule has 0 aliphatic heterocycles. The molecule has 0 aliphatic carbocycles. The van der Waals surface area contributed by atoms with E-state index in [-0.39, 0.29) is 17.2 Å². The van der Waals surface area contributed by atoms with E-state index in [1.54, 1.807) is 30.3 Å². The van der Waals surface area contributed by atoms with Crippen LogP contribution in [0.5, 0.6) is 0 Å². The zero-order chi connectivity index (χ0) is 19.4. The summed E-state index contributed by atoms with van der Waals surface area (Å²) in [5, 5.41) is 2.40. The number of hydrogen-bond acceptors (Lipinski definition) is 4. The van der Waals surface area contributed by atoms with Crippen molar-refractivity contribution in [1.29, 1.82) is 0 Å². The Labute approximate surface area is 166 Å². The lowest BCUT2D eigenvalue weighted by molar-refractivity contribution is 0.0953. The standard InChI is InChI=1S/C19H15Cl2NO4S/c20-14-6-8-16(9-7-14)27(24,25)18(17-5-2-10-26-17)12-22-19(23)13-3-1-4-15(21)11-13/h1-11,18H,12H2,(H,22,23). The van der Waals surface area contributed by atoms with Crippen molar-refractivity contribution in [2.75, 3.05) is 6.54 Å². The number of hydrogen-bond donors (Lipinski definition) is 1. The van der Waals surface area contributed by atoms with Crippen molar-refractivity contribution in [2.24, 2.45) is 0 Å². The van der Waals surface area contributed by atoms with Crippen LogP contribution in [0.3, 0.4) is 0 Å². The summed E-state index contributed by atoms with van der Waals surface area (Å²) >= 11 is 11.7. The van der Waals surface area contributed by atoms with Crippen LogP contribution in [0.1, 0.15) is 21.4 Å². The van der Waals surface area contributed by atoms with Crippen molar-refractivity contribution < 1.29 is 17.6 Å². The maximum Gasteiger partial charge on any atom is 0.251 e. The van der Waals surface area contributed by atoms with Gasteiger partial charge in [-0.2, -0.15) is 0 Å². The summed E-state index contributed by atoms with van der Waals surface area (Å²) in [6, 6.07) is 15.4. The topological polar surface area (TPSA) is 76.4 Å². The number of amides is 1. The number of halogens is 2. The van der Waals surface area contributed by atoms with Gasteiger partial charge >= 0.3 is 0 Å². The third kappa shape index (κ3) is 4.53. The minimum absolute atomic E-state index is 0.0882. The van der Waals surface area contributed by atoms with E-state index in [1.165, 1.54) is 36.6 Å². The first-order valence-corrected chi connectivity index (χ1v) is 10.2. The van der Waals surface area contributed by atoms with Crippen LogP contribution in [0.25, 0.3) is 0 Å². The number of rotatable bonds is 6. The van der Waals surface area contributed by atoms with Crippen LogP contribution >= 0.6 is 23.2 Å². The molecule has 140 valence electrons. The van der Waals surface area contributed by atoms with E-state index in [2.05, 4.69) is 5.32 Å². The first kappa shape index (κ1) is 19.5. The summed E-state index contributed by atoms with van der Waals surface area (Å²) in [6.07, 6.45) is 1.39. The molecule has 3 rings (SSSR count). The normalized spacial score (nSPS) is 12.5. The zero-order valence-corrected chi connectivity index (χ0v) is 16.3. The fraction of sp³-hybridized carbons (Fsp3) is 0.105. The Morgan fingerprint density at radius 3 is 2.37 bits per heavy atom. The van der Waals surface area contributed by atoms with E-state index >= 15 is 0 Å². The van der Waals surface area contributed by atoms with Gasteiger partial charge in [0.25, 0.3) is 5.91 Å². The first-order chi connectivity index (χ1) is 12.9. The molecule has 2 aromatic carbocycles. The monoisotopic (exact) mass is 423 g/mol. The SMILES string of the molecule is O=C(NCC(c1ccco1)S(=O)(=O)c1ccc(Cl)cc1)c1cccc(Cl)c1. The molecule has 0 bridgehead atoms. The molecule has 27 heavy (non-hydrogen) atoms. The van der Waals surface area contributed by atoms with Gasteiger partial charge in [0.05, 0.1) is 11.2 Å². The maximum absolute atomic E-state index is 13.1. The molecule has 5 nitrogen and oxygen atoms in total. The van der Waals surface area contributed by atoms with Crippen LogP contribution in [0, 0.1) is 0 Å². The van der Waals surface area contributed by atoms with Crippen molar-refractivity contribution in [1.82, 2.24) is 5.32 Å². The molecule has 0 aliphatic rings. The Kier molecular flexibility index (Phi) is 5.89. The summed E-state index contributed by atoms with van der Waals surface area (Å²) < 4.78 is 31.4. The minimum atomic E-state index is -3.82. The van der Waals surface area contributed by atoms with E-state index in [4.69, 9.17) is 27.6 Å². The average molecular weight is 424 g/mol. The fourth-order valence-electron chi connectivity index (χ4n) is 2.54. The second-order valence-electron chi connectivity index (χ2n) is 5.72. The molecular formula is C19H15Cl2NO4S. The van der Waals surface area contributed by atoms with Crippen LogP contribution in [0.4, 0.5) is 0 Å². The Hall–Kier alpha value is -2.28. The second-order valence-corrected chi connectivity index (χ2v) is 8.73. The van der Waals surface area contributed by atoms with Gasteiger partial charge in [-0.15, -0.1) is 0 Å². The Balaban J connectivity index is 1.86. The molecule has 1 heterocycles. The Bertz CT molecular complexity index is 1030. The van der Waals surface area contributed by atoms with Crippen molar-refractivity contribution in [3.8, 4) is 0 Å². The number of sulfone groups is 1. The van der Waals surface area contributed by atoms with Crippen molar-refractivity contribution in [3.63, 3.8) is 0 Å². The molecule has 0 radical (unpaired) electrons. The molecule has 1 unspecified atom stereocenters. The van der Waals surface area contributed by atoms with Gasteiger partial charge in [0.1, 0.15) is 11.0 Å². The van der Waals surface area contributed by atoms with Gasteiger partial charge in [-0.05, 0) is 54.6 Å². The van der Waals surface area contributed by atoms with Crippen LogP contribution in [0.15, 0.2) is 76.2 Å².